The van der Waals surface area contributed by atoms with E-state index in [1.165, 1.54) is 11.1 Å². The van der Waals surface area contributed by atoms with E-state index < -0.39 is 5.60 Å². The highest BCUT2D eigenvalue weighted by molar-refractivity contribution is 5.37. The molecule has 0 heterocycles. The Kier molecular flexibility index (Phi) is 2.69. The van der Waals surface area contributed by atoms with Crippen LogP contribution < -0.4 is 11.1 Å². The summed E-state index contributed by atoms with van der Waals surface area (Å²) >= 11 is 0. The van der Waals surface area contributed by atoms with Gasteiger partial charge >= 0.3 is 0 Å². The first-order chi connectivity index (χ1) is 8.18. The Balaban J connectivity index is 1.69. The third-order valence-electron chi connectivity index (χ3n) is 4.22. The fourth-order valence-electron chi connectivity index (χ4n) is 2.94. The van der Waals surface area contributed by atoms with Crippen LogP contribution in [0, 0.1) is 0 Å². The minimum absolute atomic E-state index is 0.139. The van der Waals surface area contributed by atoms with Gasteiger partial charge in [0.05, 0.1) is 5.60 Å². The number of aliphatic hydroxyl groups is 1. The van der Waals surface area contributed by atoms with Gasteiger partial charge in [0.2, 0.25) is 0 Å². The summed E-state index contributed by atoms with van der Waals surface area (Å²) in [6.45, 7) is 0.693. The molecular weight excluding hydrogens is 212 g/mol. The topological polar surface area (TPSA) is 58.3 Å². The lowest BCUT2D eigenvalue weighted by atomic mass is 9.80. The van der Waals surface area contributed by atoms with Crippen molar-refractivity contribution in [3.05, 3.63) is 35.4 Å². The van der Waals surface area contributed by atoms with Gasteiger partial charge in [0.1, 0.15) is 0 Å². The van der Waals surface area contributed by atoms with Crippen molar-refractivity contribution >= 4 is 0 Å². The number of hydrogen-bond acceptors (Lipinski definition) is 3. The molecule has 3 rings (SSSR count). The van der Waals surface area contributed by atoms with E-state index in [1.54, 1.807) is 0 Å². The van der Waals surface area contributed by atoms with Crippen LogP contribution in [0.5, 0.6) is 0 Å². The van der Waals surface area contributed by atoms with Gasteiger partial charge in [-0.05, 0) is 36.8 Å². The molecule has 1 saturated carbocycles. The molecular formula is C14H20N2O. The van der Waals surface area contributed by atoms with Crippen molar-refractivity contribution in [1.29, 1.82) is 0 Å². The highest BCUT2D eigenvalue weighted by atomic mass is 16.3. The van der Waals surface area contributed by atoms with Crippen LogP contribution in [0.4, 0.5) is 0 Å². The molecule has 2 aliphatic carbocycles. The highest BCUT2D eigenvalue weighted by Crippen LogP contribution is 2.38. The van der Waals surface area contributed by atoms with Crippen molar-refractivity contribution < 1.29 is 5.11 Å². The minimum atomic E-state index is -0.457. The normalized spacial score (nSPS) is 29.8. The van der Waals surface area contributed by atoms with Crippen LogP contribution in [0.1, 0.15) is 48.9 Å². The third kappa shape index (κ3) is 1.99. The van der Waals surface area contributed by atoms with E-state index in [0.717, 1.165) is 25.7 Å². The molecule has 0 bridgehead atoms. The van der Waals surface area contributed by atoms with E-state index in [9.17, 15) is 5.11 Å². The molecule has 1 aromatic carbocycles. The Morgan fingerprint density at radius 1 is 1.29 bits per heavy atom. The van der Waals surface area contributed by atoms with Gasteiger partial charge < -0.3 is 16.2 Å². The zero-order chi connectivity index (χ0) is 11.9. The first kappa shape index (κ1) is 11.2. The second-order valence-corrected chi connectivity index (χ2v) is 5.48. The van der Waals surface area contributed by atoms with Gasteiger partial charge in [0, 0.05) is 18.6 Å². The first-order valence-corrected chi connectivity index (χ1v) is 6.48. The van der Waals surface area contributed by atoms with Gasteiger partial charge in [0.25, 0.3) is 0 Å². The molecule has 0 amide bonds. The summed E-state index contributed by atoms with van der Waals surface area (Å²) in [5.41, 5.74) is 8.23. The molecule has 2 atom stereocenters. The Morgan fingerprint density at radius 3 is 2.65 bits per heavy atom. The molecule has 3 heteroatoms. The van der Waals surface area contributed by atoms with Crippen LogP contribution in [-0.4, -0.2) is 17.3 Å². The van der Waals surface area contributed by atoms with E-state index in [2.05, 4.69) is 23.5 Å². The molecule has 2 aliphatic rings. The monoisotopic (exact) mass is 232 g/mol. The van der Waals surface area contributed by atoms with Crippen molar-refractivity contribution in [1.82, 2.24) is 5.32 Å². The minimum Gasteiger partial charge on any atom is -0.389 e. The molecule has 17 heavy (non-hydrogen) atoms. The van der Waals surface area contributed by atoms with Gasteiger partial charge in [-0.2, -0.15) is 0 Å². The van der Waals surface area contributed by atoms with Crippen molar-refractivity contribution in [2.75, 3.05) is 6.54 Å². The predicted molar refractivity (Wildman–Crippen MR) is 67.5 cm³/mol. The van der Waals surface area contributed by atoms with Crippen molar-refractivity contribution in [2.24, 2.45) is 5.73 Å². The lowest BCUT2D eigenvalue weighted by molar-refractivity contribution is -0.0333. The summed E-state index contributed by atoms with van der Waals surface area (Å²) in [5, 5.41) is 13.6. The summed E-state index contributed by atoms with van der Waals surface area (Å²) in [5.74, 6) is 0. The third-order valence-corrected chi connectivity index (χ3v) is 4.22. The smallest absolute Gasteiger partial charge is 0.0771 e. The Bertz CT molecular complexity index is 414. The fourth-order valence-corrected chi connectivity index (χ4v) is 2.94. The second kappa shape index (κ2) is 4.09. The first-order valence-electron chi connectivity index (χ1n) is 6.48. The molecule has 2 unspecified atom stereocenters. The van der Waals surface area contributed by atoms with Crippen molar-refractivity contribution in [3.63, 3.8) is 0 Å². The molecule has 4 N–H and O–H groups in total. The van der Waals surface area contributed by atoms with Crippen LogP contribution in [0.15, 0.2) is 24.3 Å². The van der Waals surface area contributed by atoms with Gasteiger partial charge in [0.15, 0.2) is 0 Å². The lowest BCUT2D eigenvalue weighted by Crippen LogP contribution is -2.46. The van der Waals surface area contributed by atoms with E-state index >= 15 is 0 Å². The summed E-state index contributed by atoms with van der Waals surface area (Å²) in [4.78, 5) is 0. The number of fused-ring (bicyclic) bond motifs is 1. The van der Waals surface area contributed by atoms with E-state index in [4.69, 9.17) is 5.73 Å². The van der Waals surface area contributed by atoms with Gasteiger partial charge in [-0.1, -0.05) is 24.3 Å². The number of nitrogens with one attached hydrogen (secondary N) is 1. The molecule has 0 saturated heterocycles. The van der Waals surface area contributed by atoms with Gasteiger partial charge in [-0.25, -0.2) is 0 Å². The molecule has 0 aromatic heterocycles. The zero-order valence-electron chi connectivity index (χ0n) is 10.0. The van der Waals surface area contributed by atoms with E-state index in [-0.39, 0.29) is 6.04 Å². The second-order valence-electron chi connectivity index (χ2n) is 5.48. The maximum Gasteiger partial charge on any atom is 0.0771 e. The Hall–Kier alpha value is -0.900. The molecule has 92 valence electrons. The van der Waals surface area contributed by atoms with Crippen LogP contribution in [0.2, 0.25) is 0 Å². The molecule has 0 spiro atoms. The summed E-state index contributed by atoms with van der Waals surface area (Å²) < 4.78 is 0. The molecule has 0 radical (unpaired) electrons. The number of hydrogen-bond donors (Lipinski definition) is 3. The highest BCUT2D eigenvalue weighted by Gasteiger charge is 2.36. The van der Waals surface area contributed by atoms with Crippen LogP contribution in [0.3, 0.4) is 0 Å². The van der Waals surface area contributed by atoms with E-state index in [1.807, 2.05) is 6.07 Å². The molecule has 3 nitrogen and oxygen atoms in total. The van der Waals surface area contributed by atoms with Crippen LogP contribution >= 0.6 is 0 Å². The average Bonchev–Trinajstić information content (AvgIpc) is 2.62. The Labute approximate surface area is 102 Å². The maximum atomic E-state index is 10.1. The van der Waals surface area contributed by atoms with Crippen molar-refractivity contribution in [2.45, 2.75) is 43.4 Å². The standard InChI is InChI=1S/C14H20N2O/c15-12-8-13(11-5-2-1-4-10(11)12)16-9-14(17)6-3-7-14/h1-2,4-5,12-13,16-17H,3,6-9,15H2. The van der Waals surface area contributed by atoms with Gasteiger partial charge in [-0.3, -0.25) is 0 Å². The van der Waals surface area contributed by atoms with Crippen LogP contribution in [0.25, 0.3) is 0 Å². The fraction of sp³-hybridized carbons (Fsp3) is 0.571. The summed E-state index contributed by atoms with van der Waals surface area (Å²) in [7, 11) is 0. The lowest BCUT2D eigenvalue weighted by Gasteiger charge is -2.37. The summed E-state index contributed by atoms with van der Waals surface area (Å²) in [6, 6.07) is 8.81. The largest absolute Gasteiger partial charge is 0.389 e. The van der Waals surface area contributed by atoms with Crippen molar-refractivity contribution in [3.8, 4) is 0 Å². The number of rotatable bonds is 3. The molecule has 1 fully saturated rings. The zero-order valence-corrected chi connectivity index (χ0v) is 10.0. The van der Waals surface area contributed by atoms with E-state index in [0.29, 0.717) is 12.6 Å². The number of nitrogens with two attached hydrogens (primary N) is 1. The summed E-state index contributed by atoms with van der Waals surface area (Å²) in [6.07, 6.45) is 3.95. The average molecular weight is 232 g/mol. The number of benzene rings is 1. The predicted octanol–water partition coefficient (Wildman–Crippen LogP) is 1.64. The quantitative estimate of drug-likeness (QED) is 0.742. The Morgan fingerprint density at radius 2 is 2.00 bits per heavy atom. The van der Waals surface area contributed by atoms with Crippen LogP contribution in [-0.2, 0) is 0 Å². The molecule has 0 aliphatic heterocycles. The SMILES string of the molecule is NC1CC(NCC2(O)CCC2)c2ccccc21. The maximum absolute atomic E-state index is 10.1. The molecule has 1 aromatic rings. The van der Waals surface area contributed by atoms with Gasteiger partial charge in [-0.15, -0.1) is 0 Å².